The molecule has 2 aromatic rings. The van der Waals surface area contributed by atoms with Gasteiger partial charge in [0, 0.05) is 32.4 Å². The Kier molecular flexibility index (Phi) is 4.11. The van der Waals surface area contributed by atoms with Crippen LogP contribution in [0.3, 0.4) is 0 Å². The molecule has 1 aromatic carbocycles. The number of hydrogen-bond donors (Lipinski definition) is 0. The molecule has 1 unspecified atom stereocenters. The lowest BCUT2D eigenvalue weighted by Gasteiger charge is -2.30. The van der Waals surface area contributed by atoms with E-state index in [0.29, 0.717) is 12.4 Å². The van der Waals surface area contributed by atoms with Gasteiger partial charge in [-0.15, -0.1) is 0 Å². The predicted molar refractivity (Wildman–Crippen MR) is 98.7 cm³/mol. The summed E-state index contributed by atoms with van der Waals surface area (Å²) in [5, 5.41) is 0. The second-order valence-electron chi connectivity index (χ2n) is 6.82. The Morgan fingerprint density at radius 3 is 2.76 bits per heavy atom. The molecule has 1 aromatic heterocycles. The van der Waals surface area contributed by atoms with Crippen molar-refractivity contribution in [2.75, 3.05) is 34.9 Å². The van der Waals surface area contributed by atoms with E-state index in [1.165, 1.54) is 11.1 Å². The first-order valence-electron chi connectivity index (χ1n) is 8.60. The van der Waals surface area contributed by atoms with Gasteiger partial charge in [0.15, 0.2) is 9.84 Å². The van der Waals surface area contributed by atoms with Crippen LogP contribution in [0.4, 0.5) is 11.8 Å². The minimum Gasteiger partial charge on any atom is -0.355 e. The lowest BCUT2D eigenvalue weighted by Crippen LogP contribution is -2.35. The molecule has 132 valence electrons. The molecular formula is C18H22N4O2S. The zero-order valence-electron chi connectivity index (χ0n) is 14.3. The molecule has 2 aliphatic rings. The average Bonchev–Trinajstić information content (AvgIpc) is 3.00. The van der Waals surface area contributed by atoms with Crippen LogP contribution in [0.1, 0.15) is 17.5 Å². The second-order valence-corrected chi connectivity index (χ2v) is 9.05. The summed E-state index contributed by atoms with van der Waals surface area (Å²) in [4.78, 5) is 13.3. The molecular weight excluding hydrogens is 336 g/mol. The molecule has 3 heterocycles. The first-order chi connectivity index (χ1) is 12.0. The normalized spacial score (nSPS) is 21.8. The van der Waals surface area contributed by atoms with Crippen molar-refractivity contribution in [3.05, 3.63) is 47.7 Å². The number of benzene rings is 1. The molecule has 6 nitrogen and oxygen atoms in total. The van der Waals surface area contributed by atoms with Gasteiger partial charge >= 0.3 is 0 Å². The first-order valence-corrected chi connectivity index (χ1v) is 10.4. The number of sulfone groups is 1. The quantitative estimate of drug-likeness (QED) is 0.831. The summed E-state index contributed by atoms with van der Waals surface area (Å²) < 4.78 is 23.5. The first kappa shape index (κ1) is 16.3. The van der Waals surface area contributed by atoms with Crippen LogP contribution >= 0.6 is 0 Å². The molecule has 0 amide bonds. The van der Waals surface area contributed by atoms with Gasteiger partial charge in [0.05, 0.1) is 11.5 Å². The molecule has 0 radical (unpaired) electrons. The van der Waals surface area contributed by atoms with Gasteiger partial charge in [0.2, 0.25) is 5.95 Å². The highest BCUT2D eigenvalue weighted by Crippen LogP contribution is 2.25. The van der Waals surface area contributed by atoms with Crippen LogP contribution in [0.2, 0.25) is 0 Å². The van der Waals surface area contributed by atoms with E-state index in [4.69, 9.17) is 4.98 Å². The van der Waals surface area contributed by atoms with E-state index in [1.807, 2.05) is 18.0 Å². The predicted octanol–water partition coefficient (Wildman–Crippen LogP) is 1.66. The molecule has 1 atom stereocenters. The van der Waals surface area contributed by atoms with Gasteiger partial charge < -0.3 is 9.80 Å². The maximum atomic E-state index is 11.7. The Morgan fingerprint density at radius 2 is 2.00 bits per heavy atom. The fourth-order valence-electron chi connectivity index (χ4n) is 3.62. The second kappa shape index (κ2) is 6.29. The molecule has 0 saturated carbocycles. The van der Waals surface area contributed by atoms with Crippen LogP contribution in [0, 0.1) is 0 Å². The molecule has 1 fully saturated rings. The number of rotatable bonds is 3. The van der Waals surface area contributed by atoms with E-state index in [2.05, 4.69) is 34.1 Å². The van der Waals surface area contributed by atoms with Gasteiger partial charge in [-0.2, -0.15) is 4.98 Å². The van der Waals surface area contributed by atoms with E-state index >= 15 is 0 Å². The highest BCUT2D eigenvalue weighted by atomic mass is 32.2. The van der Waals surface area contributed by atoms with Gasteiger partial charge in [-0.1, -0.05) is 24.3 Å². The van der Waals surface area contributed by atoms with Crippen LogP contribution in [0.15, 0.2) is 36.5 Å². The summed E-state index contributed by atoms with van der Waals surface area (Å²) in [5.74, 6) is 1.97. The molecule has 4 rings (SSSR count). The SMILES string of the molecule is CN(c1ccnc(N2CCc3ccccc3C2)n1)C1CCS(=O)(=O)C1. The molecule has 25 heavy (non-hydrogen) atoms. The van der Waals surface area contributed by atoms with Gasteiger partial charge in [-0.3, -0.25) is 0 Å². The average molecular weight is 358 g/mol. The number of aromatic nitrogens is 2. The van der Waals surface area contributed by atoms with Crippen molar-refractivity contribution >= 4 is 21.6 Å². The van der Waals surface area contributed by atoms with Crippen molar-refractivity contribution in [3.63, 3.8) is 0 Å². The summed E-state index contributed by atoms with van der Waals surface area (Å²) in [6, 6.07) is 10.3. The summed E-state index contributed by atoms with van der Waals surface area (Å²) in [6.45, 7) is 1.70. The maximum Gasteiger partial charge on any atom is 0.227 e. The minimum absolute atomic E-state index is 0.00479. The summed E-state index contributed by atoms with van der Waals surface area (Å²) in [6.07, 6.45) is 3.41. The third-order valence-corrected chi connectivity index (χ3v) is 6.91. The number of anilines is 2. The van der Waals surface area contributed by atoms with Crippen molar-refractivity contribution in [1.29, 1.82) is 0 Å². The van der Waals surface area contributed by atoms with Crippen LogP contribution in [-0.4, -0.2) is 49.5 Å². The van der Waals surface area contributed by atoms with Crippen molar-refractivity contribution in [2.24, 2.45) is 0 Å². The molecule has 0 bridgehead atoms. The molecule has 1 saturated heterocycles. The highest BCUT2D eigenvalue weighted by Gasteiger charge is 2.31. The van der Waals surface area contributed by atoms with Gasteiger partial charge in [-0.25, -0.2) is 13.4 Å². The highest BCUT2D eigenvalue weighted by molar-refractivity contribution is 7.91. The third-order valence-electron chi connectivity index (χ3n) is 5.16. The third kappa shape index (κ3) is 3.33. The molecule has 0 spiro atoms. The van der Waals surface area contributed by atoms with Crippen LogP contribution in [-0.2, 0) is 22.8 Å². The zero-order chi connectivity index (χ0) is 17.4. The Hall–Kier alpha value is -2.15. The van der Waals surface area contributed by atoms with Gasteiger partial charge in [0.1, 0.15) is 5.82 Å². The van der Waals surface area contributed by atoms with Crippen molar-refractivity contribution in [2.45, 2.75) is 25.4 Å². The number of nitrogens with zero attached hydrogens (tertiary/aromatic N) is 4. The van der Waals surface area contributed by atoms with Crippen LogP contribution in [0.5, 0.6) is 0 Å². The lowest BCUT2D eigenvalue weighted by molar-refractivity contribution is 0.600. The number of hydrogen-bond acceptors (Lipinski definition) is 6. The fourth-order valence-corrected chi connectivity index (χ4v) is 5.40. The van der Waals surface area contributed by atoms with E-state index in [9.17, 15) is 8.42 Å². The molecule has 0 N–H and O–H groups in total. The van der Waals surface area contributed by atoms with Crippen molar-refractivity contribution in [3.8, 4) is 0 Å². The fraction of sp³-hybridized carbons (Fsp3) is 0.444. The van der Waals surface area contributed by atoms with E-state index in [1.54, 1.807) is 6.20 Å². The van der Waals surface area contributed by atoms with E-state index in [-0.39, 0.29) is 17.5 Å². The standard InChI is InChI=1S/C18H22N4O2S/c1-21(16-8-11-25(23,24)13-16)17-6-9-19-18(20-17)22-10-7-14-4-2-3-5-15(14)12-22/h2-6,9,16H,7-8,10-13H2,1H3. The van der Waals surface area contributed by atoms with Gasteiger partial charge in [0.25, 0.3) is 0 Å². The minimum atomic E-state index is -2.91. The Balaban J connectivity index is 1.54. The number of fused-ring (bicyclic) bond motifs is 1. The molecule has 2 aliphatic heterocycles. The molecule has 7 heteroatoms. The van der Waals surface area contributed by atoms with Crippen molar-refractivity contribution < 1.29 is 8.42 Å². The topological polar surface area (TPSA) is 66.4 Å². The smallest absolute Gasteiger partial charge is 0.227 e. The van der Waals surface area contributed by atoms with E-state index in [0.717, 1.165) is 25.3 Å². The largest absolute Gasteiger partial charge is 0.355 e. The molecule has 0 aliphatic carbocycles. The van der Waals surface area contributed by atoms with Crippen LogP contribution < -0.4 is 9.80 Å². The summed E-state index contributed by atoms with van der Waals surface area (Å²) >= 11 is 0. The Labute approximate surface area is 148 Å². The van der Waals surface area contributed by atoms with Crippen molar-refractivity contribution in [1.82, 2.24) is 9.97 Å². The monoisotopic (exact) mass is 358 g/mol. The Bertz CT molecular complexity index is 884. The van der Waals surface area contributed by atoms with E-state index < -0.39 is 9.84 Å². The summed E-state index contributed by atoms with van der Waals surface area (Å²) in [5.41, 5.74) is 2.71. The Morgan fingerprint density at radius 1 is 1.20 bits per heavy atom. The lowest BCUT2D eigenvalue weighted by atomic mass is 10.0. The zero-order valence-corrected chi connectivity index (χ0v) is 15.1. The van der Waals surface area contributed by atoms with Gasteiger partial charge in [-0.05, 0) is 30.0 Å². The van der Waals surface area contributed by atoms with Crippen LogP contribution in [0.25, 0.3) is 0 Å². The maximum absolute atomic E-state index is 11.7. The summed E-state index contributed by atoms with van der Waals surface area (Å²) in [7, 11) is -0.988.